The Morgan fingerprint density at radius 1 is 1.15 bits per heavy atom. The molecule has 0 spiro atoms. The predicted molar refractivity (Wildman–Crippen MR) is 100 cm³/mol. The summed E-state index contributed by atoms with van der Waals surface area (Å²) < 4.78 is 10.6. The van der Waals surface area contributed by atoms with Gasteiger partial charge < -0.3 is 14.5 Å². The normalized spacial score (nSPS) is 11.9. The smallest absolute Gasteiger partial charge is 0.307 e. The van der Waals surface area contributed by atoms with Gasteiger partial charge in [0.15, 0.2) is 5.76 Å². The van der Waals surface area contributed by atoms with Gasteiger partial charge in [0.2, 0.25) is 0 Å². The number of aryl methyl sites for hydroxylation is 3. The molecule has 0 saturated heterocycles. The van der Waals surface area contributed by atoms with Crippen molar-refractivity contribution in [2.24, 2.45) is 0 Å². The third-order valence-corrected chi connectivity index (χ3v) is 4.23. The van der Waals surface area contributed by atoms with E-state index in [-0.39, 0.29) is 30.1 Å². The number of benzene rings is 1. The number of carbonyl (C=O) groups excluding carboxylic acids is 2. The number of furan rings is 1. The lowest BCUT2D eigenvalue weighted by atomic mass is 9.97. The number of ether oxygens (including phenoxy) is 1. The molecular formula is C21H27NO4. The molecule has 1 atom stereocenters. The molecular weight excluding hydrogens is 330 g/mol. The second-order valence-corrected chi connectivity index (χ2v) is 6.70. The van der Waals surface area contributed by atoms with Crippen molar-refractivity contribution in [3.63, 3.8) is 0 Å². The van der Waals surface area contributed by atoms with Gasteiger partial charge in [0, 0.05) is 12.5 Å². The molecule has 0 aliphatic carbocycles. The van der Waals surface area contributed by atoms with Crippen LogP contribution in [-0.4, -0.2) is 24.5 Å². The van der Waals surface area contributed by atoms with E-state index >= 15 is 0 Å². The molecule has 140 valence electrons. The fourth-order valence-corrected chi connectivity index (χ4v) is 3.07. The third-order valence-electron chi connectivity index (χ3n) is 4.23. The molecule has 1 aromatic heterocycles. The lowest BCUT2D eigenvalue weighted by molar-refractivity contribution is -0.143. The summed E-state index contributed by atoms with van der Waals surface area (Å²) in [4.78, 5) is 23.8. The topological polar surface area (TPSA) is 68.5 Å². The number of rotatable bonds is 7. The van der Waals surface area contributed by atoms with Gasteiger partial charge in [-0.3, -0.25) is 9.59 Å². The average molecular weight is 357 g/mol. The number of amides is 1. The molecule has 1 heterocycles. The number of nitrogens with one attached hydrogen (secondary N) is 1. The van der Waals surface area contributed by atoms with E-state index in [1.807, 2.05) is 6.07 Å². The van der Waals surface area contributed by atoms with Gasteiger partial charge in [-0.1, -0.05) is 17.7 Å². The number of esters is 1. The van der Waals surface area contributed by atoms with E-state index in [0.29, 0.717) is 13.0 Å². The minimum Gasteiger partial charge on any atom is -0.466 e. The van der Waals surface area contributed by atoms with Crippen LogP contribution in [0, 0.1) is 20.8 Å². The summed E-state index contributed by atoms with van der Waals surface area (Å²) in [6.07, 6.45) is 0.776. The number of hydrogen-bond donors (Lipinski definition) is 1. The van der Waals surface area contributed by atoms with Crippen molar-refractivity contribution in [1.29, 1.82) is 0 Å². The fraction of sp³-hybridized carbons (Fsp3) is 0.429. The van der Waals surface area contributed by atoms with Crippen LogP contribution < -0.4 is 5.32 Å². The molecule has 0 aliphatic heterocycles. The first-order valence-corrected chi connectivity index (χ1v) is 8.92. The van der Waals surface area contributed by atoms with Gasteiger partial charge in [-0.2, -0.15) is 0 Å². The molecule has 1 N–H and O–H groups in total. The van der Waals surface area contributed by atoms with E-state index < -0.39 is 0 Å². The fourth-order valence-electron chi connectivity index (χ4n) is 3.07. The molecule has 0 bridgehead atoms. The van der Waals surface area contributed by atoms with Crippen molar-refractivity contribution in [3.05, 3.63) is 58.0 Å². The summed E-state index contributed by atoms with van der Waals surface area (Å²) in [5.41, 5.74) is 4.88. The minimum atomic E-state index is -0.328. The van der Waals surface area contributed by atoms with E-state index in [4.69, 9.17) is 9.15 Å². The van der Waals surface area contributed by atoms with Crippen molar-refractivity contribution in [2.45, 2.75) is 53.5 Å². The monoisotopic (exact) mass is 357 g/mol. The zero-order valence-corrected chi connectivity index (χ0v) is 16.1. The van der Waals surface area contributed by atoms with Crippen LogP contribution in [0.15, 0.2) is 28.7 Å². The van der Waals surface area contributed by atoms with Crippen LogP contribution in [0.4, 0.5) is 0 Å². The van der Waals surface area contributed by atoms with Gasteiger partial charge in [0.1, 0.15) is 5.76 Å². The van der Waals surface area contributed by atoms with Gasteiger partial charge in [-0.05, 0) is 63.4 Å². The van der Waals surface area contributed by atoms with Crippen LogP contribution in [0.25, 0.3) is 0 Å². The highest BCUT2D eigenvalue weighted by Crippen LogP contribution is 2.21. The lowest BCUT2D eigenvalue weighted by Crippen LogP contribution is -2.34. The molecule has 2 rings (SSSR count). The summed E-state index contributed by atoms with van der Waals surface area (Å²) in [6.45, 7) is 10.1. The highest BCUT2D eigenvalue weighted by atomic mass is 16.5. The second-order valence-electron chi connectivity index (χ2n) is 6.70. The van der Waals surface area contributed by atoms with Crippen molar-refractivity contribution in [2.75, 3.05) is 6.61 Å². The number of carbonyl (C=O) groups is 2. The predicted octanol–water partition coefficient (Wildman–Crippen LogP) is 3.87. The van der Waals surface area contributed by atoms with Crippen LogP contribution in [0.2, 0.25) is 0 Å². The van der Waals surface area contributed by atoms with E-state index in [2.05, 4.69) is 38.2 Å². The van der Waals surface area contributed by atoms with Crippen molar-refractivity contribution >= 4 is 11.9 Å². The molecule has 1 aromatic carbocycles. The summed E-state index contributed by atoms with van der Waals surface area (Å²) in [5, 5.41) is 2.76. The number of hydrogen-bond acceptors (Lipinski definition) is 4. The molecule has 26 heavy (non-hydrogen) atoms. The lowest BCUT2D eigenvalue weighted by Gasteiger charge is -2.12. The molecule has 5 heteroatoms. The molecule has 1 amide bonds. The van der Waals surface area contributed by atoms with Crippen molar-refractivity contribution in [1.82, 2.24) is 5.32 Å². The summed E-state index contributed by atoms with van der Waals surface area (Å²) in [6, 6.07) is 7.47. The zero-order chi connectivity index (χ0) is 19.3. The van der Waals surface area contributed by atoms with E-state index in [1.165, 1.54) is 22.3 Å². The van der Waals surface area contributed by atoms with Crippen LogP contribution in [0.1, 0.15) is 58.8 Å². The van der Waals surface area contributed by atoms with E-state index in [0.717, 1.165) is 5.76 Å². The van der Waals surface area contributed by atoms with Crippen LogP contribution in [0.5, 0.6) is 0 Å². The van der Waals surface area contributed by atoms with Crippen LogP contribution in [-0.2, 0) is 16.0 Å². The maximum atomic E-state index is 12.3. The van der Waals surface area contributed by atoms with Crippen LogP contribution in [0.3, 0.4) is 0 Å². The Kier molecular flexibility index (Phi) is 6.61. The maximum absolute atomic E-state index is 12.3. The van der Waals surface area contributed by atoms with Crippen molar-refractivity contribution < 1.29 is 18.7 Å². The molecule has 1 unspecified atom stereocenters. The summed E-state index contributed by atoms with van der Waals surface area (Å²) in [7, 11) is 0. The molecule has 0 radical (unpaired) electrons. The van der Waals surface area contributed by atoms with Gasteiger partial charge in [0.25, 0.3) is 5.91 Å². The highest BCUT2D eigenvalue weighted by molar-refractivity contribution is 5.92. The molecule has 0 aliphatic rings. The van der Waals surface area contributed by atoms with Crippen molar-refractivity contribution in [3.8, 4) is 0 Å². The second kappa shape index (κ2) is 8.70. The summed E-state index contributed by atoms with van der Waals surface area (Å²) >= 11 is 0. The average Bonchev–Trinajstić information content (AvgIpc) is 2.99. The molecule has 0 fully saturated rings. The Morgan fingerprint density at radius 2 is 1.81 bits per heavy atom. The Morgan fingerprint density at radius 3 is 2.42 bits per heavy atom. The Labute approximate surface area is 154 Å². The first-order valence-electron chi connectivity index (χ1n) is 8.92. The summed E-state index contributed by atoms with van der Waals surface area (Å²) in [5.74, 6) is 0.331. The standard InChI is InChI=1S/C21H27NO4/c1-6-25-20(23)11-16(5)22-21(24)19-8-7-17(26-19)12-18-14(3)9-13(2)10-15(18)4/h7-10,16H,6,11-12H2,1-5H3,(H,22,24). The van der Waals surface area contributed by atoms with E-state index in [1.54, 1.807) is 19.9 Å². The van der Waals surface area contributed by atoms with Gasteiger partial charge in [-0.25, -0.2) is 0 Å². The Balaban J connectivity index is 2.01. The van der Waals surface area contributed by atoms with Gasteiger partial charge in [-0.15, -0.1) is 0 Å². The first-order chi connectivity index (χ1) is 12.3. The highest BCUT2D eigenvalue weighted by Gasteiger charge is 2.17. The maximum Gasteiger partial charge on any atom is 0.307 e. The molecule has 5 nitrogen and oxygen atoms in total. The first kappa shape index (κ1) is 19.8. The molecule has 2 aromatic rings. The minimum absolute atomic E-state index is 0.134. The molecule has 0 saturated carbocycles. The third kappa shape index (κ3) is 5.22. The van der Waals surface area contributed by atoms with E-state index in [9.17, 15) is 9.59 Å². The Bertz CT molecular complexity index is 768. The van der Waals surface area contributed by atoms with Crippen LogP contribution >= 0.6 is 0 Å². The Hall–Kier alpha value is -2.56. The zero-order valence-electron chi connectivity index (χ0n) is 16.1. The van der Waals surface area contributed by atoms with Gasteiger partial charge >= 0.3 is 5.97 Å². The largest absolute Gasteiger partial charge is 0.466 e. The van der Waals surface area contributed by atoms with Gasteiger partial charge in [0.05, 0.1) is 13.0 Å². The quantitative estimate of drug-likeness (QED) is 0.764. The SMILES string of the molecule is CCOC(=O)CC(C)NC(=O)c1ccc(Cc2c(C)cc(C)cc2C)o1.